The maximum atomic E-state index is 15.4. The van der Waals surface area contributed by atoms with Crippen molar-refractivity contribution in [2.24, 2.45) is 0 Å². The fourth-order valence-electron chi connectivity index (χ4n) is 2.95. The molecule has 0 radical (unpaired) electrons. The average Bonchev–Trinajstić information content (AvgIpc) is 2.68. The molecule has 0 heterocycles. The molecule has 0 aromatic heterocycles. The van der Waals surface area contributed by atoms with Crippen LogP contribution in [0.1, 0.15) is 24.8 Å². The SMILES string of the molecule is CC[C@@H](c1ccc(-c2ccccc2)cc1)C(F)(C(=O)OC)C(=O)OC. The largest absolute Gasteiger partial charge is 0.466 e. The molecule has 25 heavy (non-hydrogen) atoms. The van der Waals surface area contributed by atoms with Crippen molar-refractivity contribution < 1.29 is 23.5 Å². The molecule has 2 aromatic rings. The molecule has 0 spiro atoms. The van der Waals surface area contributed by atoms with Crippen LogP contribution in [0.25, 0.3) is 11.1 Å². The summed E-state index contributed by atoms with van der Waals surface area (Å²) in [7, 11) is 2.09. The number of carbonyl (C=O) groups excluding carboxylic acids is 2. The first-order valence-corrected chi connectivity index (χ1v) is 8.00. The van der Waals surface area contributed by atoms with Gasteiger partial charge in [0.1, 0.15) is 0 Å². The first kappa shape index (κ1) is 18.6. The summed E-state index contributed by atoms with van der Waals surface area (Å²) in [6.07, 6.45) is 0.228. The van der Waals surface area contributed by atoms with E-state index >= 15 is 4.39 Å². The molecule has 0 saturated carbocycles. The third kappa shape index (κ3) is 3.55. The van der Waals surface area contributed by atoms with Gasteiger partial charge in [0.25, 0.3) is 0 Å². The summed E-state index contributed by atoms with van der Waals surface area (Å²) in [6.45, 7) is 1.70. The number of carbonyl (C=O) groups is 2. The highest BCUT2D eigenvalue weighted by Crippen LogP contribution is 2.37. The molecule has 132 valence electrons. The van der Waals surface area contributed by atoms with Crippen LogP contribution >= 0.6 is 0 Å². The predicted molar refractivity (Wildman–Crippen MR) is 92.8 cm³/mol. The number of rotatable bonds is 6. The van der Waals surface area contributed by atoms with Crippen LogP contribution in [-0.4, -0.2) is 31.8 Å². The monoisotopic (exact) mass is 344 g/mol. The lowest BCUT2D eigenvalue weighted by Gasteiger charge is -2.28. The van der Waals surface area contributed by atoms with Crippen molar-refractivity contribution in [3.63, 3.8) is 0 Å². The van der Waals surface area contributed by atoms with Gasteiger partial charge in [-0.25, -0.2) is 14.0 Å². The van der Waals surface area contributed by atoms with E-state index in [1.165, 1.54) is 0 Å². The molecular weight excluding hydrogens is 323 g/mol. The molecular formula is C20H21FO4. The Labute approximate surface area is 146 Å². The van der Waals surface area contributed by atoms with E-state index in [1.54, 1.807) is 19.1 Å². The summed E-state index contributed by atoms with van der Waals surface area (Å²) in [5, 5.41) is 0. The quantitative estimate of drug-likeness (QED) is 0.589. The molecule has 2 aromatic carbocycles. The molecule has 0 bridgehead atoms. The number of benzene rings is 2. The number of alkyl halides is 1. The van der Waals surface area contributed by atoms with Crippen LogP contribution in [0.4, 0.5) is 4.39 Å². The summed E-state index contributed by atoms with van der Waals surface area (Å²) in [5.74, 6) is -3.51. The lowest BCUT2D eigenvalue weighted by atomic mass is 9.81. The van der Waals surface area contributed by atoms with E-state index in [0.29, 0.717) is 5.56 Å². The molecule has 0 fully saturated rings. The van der Waals surface area contributed by atoms with Gasteiger partial charge in [-0.3, -0.25) is 0 Å². The van der Waals surface area contributed by atoms with Crippen LogP contribution in [-0.2, 0) is 19.1 Å². The van der Waals surface area contributed by atoms with Gasteiger partial charge in [-0.1, -0.05) is 61.5 Å². The predicted octanol–water partition coefficient (Wildman–Crippen LogP) is 3.90. The Morgan fingerprint density at radius 3 is 1.84 bits per heavy atom. The zero-order chi connectivity index (χ0) is 18.4. The first-order chi connectivity index (χ1) is 12.0. The smallest absolute Gasteiger partial charge is 0.356 e. The van der Waals surface area contributed by atoms with E-state index in [2.05, 4.69) is 9.47 Å². The van der Waals surface area contributed by atoms with Gasteiger partial charge < -0.3 is 9.47 Å². The van der Waals surface area contributed by atoms with Gasteiger partial charge in [0.2, 0.25) is 0 Å². The molecule has 4 nitrogen and oxygen atoms in total. The normalized spacial score (nSPS) is 12.3. The average molecular weight is 344 g/mol. The minimum absolute atomic E-state index is 0.228. The second-order valence-electron chi connectivity index (χ2n) is 5.64. The zero-order valence-corrected chi connectivity index (χ0v) is 14.5. The highest BCUT2D eigenvalue weighted by molar-refractivity contribution is 6.04. The topological polar surface area (TPSA) is 52.6 Å². The number of halogens is 1. The second kappa shape index (κ2) is 7.92. The molecule has 0 aliphatic carbocycles. The molecule has 2 rings (SSSR count). The van der Waals surface area contributed by atoms with Gasteiger partial charge in [0, 0.05) is 5.92 Å². The Kier molecular flexibility index (Phi) is 5.91. The molecule has 5 heteroatoms. The van der Waals surface area contributed by atoms with Crippen molar-refractivity contribution in [1.82, 2.24) is 0 Å². The molecule has 0 unspecified atom stereocenters. The molecule has 0 aliphatic rings. The fraction of sp³-hybridized carbons (Fsp3) is 0.300. The lowest BCUT2D eigenvalue weighted by Crippen LogP contribution is -2.49. The van der Waals surface area contributed by atoms with Crippen LogP contribution in [0, 0.1) is 0 Å². The molecule has 0 N–H and O–H groups in total. The third-order valence-corrected chi connectivity index (χ3v) is 4.27. The van der Waals surface area contributed by atoms with E-state index in [-0.39, 0.29) is 6.42 Å². The van der Waals surface area contributed by atoms with Crippen LogP contribution < -0.4 is 0 Å². The molecule has 1 atom stereocenters. The Morgan fingerprint density at radius 1 is 0.920 bits per heavy atom. The van der Waals surface area contributed by atoms with Crippen LogP contribution in [0.15, 0.2) is 54.6 Å². The van der Waals surface area contributed by atoms with Crippen LogP contribution in [0.5, 0.6) is 0 Å². The Hall–Kier alpha value is -2.69. The van der Waals surface area contributed by atoms with Crippen molar-refractivity contribution in [2.45, 2.75) is 24.9 Å². The van der Waals surface area contributed by atoms with Gasteiger partial charge in [-0.05, 0) is 23.1 Å². The first-order valence-electron chi connectivity index (χ1n) is 8.00. The van der Waals surface area contributed by atoms with E-state index in [1.807, 2.05) is 42.5 Å². The Balaban J connectivity index is 2.42. The number of hydrogen-bond acceptors (Lipinski definition) is 4. The maximum absolute atomic E-state index is 15.4. The van der Waals surface area contributed by atoms with E-state index in [4.69, 9.17) is 0 Å². The van der Waals surface area contributed by atoms with Gasteiger partial charge in [-0.2, -0.15) is 0 Å². The summed E-state index contributed by atoms with van der Waals surface area (Å²) in [5.41, 5.74) is -0.373. The summed E-state index contributed by atoms with van der Waals surface area (Å²) < 4.78 is 24.4. The van der Waals surface area contributed by atoms with Crippen molar-refractivity contribution in [1.29, 1.82) is 0 Å². The van der Waals surface area contributed by atoms with E-state index < -0.39 is 23.5 Å². The summed E-state index contributed by atoms with van der Waals surface area (Å²) >= 11 is 0. The molecule has 0 aliphatic heterocycles. The summed E-state index contributed by atoms with van der Waals surface area (Å²) in [4.78, 5) is 24.0. The number of ether oxygens (including phenoxy) is 2. The fourth-order valence-corrected chi connectivity index (χ4v) is 2.95. The Bertz CT molecular complexity index is 709. The Morgan fingerprint density at radius 2 is 1.40 bits per heavy atom. The van der Waals surface area contributed by atoms with Gasteiger partial charge in [0.05, 0.1) is 14.2 Å². The number of hydrogen-bond donors (Lipinski definition) is 0. The van der Waals surface area contributed by atoms with E-state index in [0.717, 1.165) is 25.3 Å². The standard InChI is InChI=1S/C20H21FO4/c1-4-17(20(21,18(22)24-2)19(23)25-3)16-12-10-15(11-13-16)14-8-6-5-7-9-14/h5-13,17H,4H2,1-3H3/t17-/m0/s1. The van der Waals surface area contributed by atoms with Crippen molar-refractivity contribution in [3.05, 3.63) is 60.2 Å². The van der Waals surface area contributed by atoms with Crippen molar-refractivity contribution in [3.8, 4) is 11.1 Å². The highest BCUT2D eigenvalue weighted by Gasteiger charge is 2.55. The van der Waals surface area contributed by atoms with Gasteiger partial charge in [-0.15, -0.1) is 0 Å². The van der Waals surface area contributed by atoms with Crippen molar-refractivity contribution in [2.75, 3.05) is 14.2 Å². The third-order valence-electron chi connectivity index (χ3n) is 4.27. The van der Waals surface area contributed by atoms with Gasteiger partial charge >= 0.3 is 17.6 Å². The minimum Gasteiger partial charge on any atom is -0.466 e. The van der Waals surface area contributed by atoms with Gasteiger partial charge in [0.15, 0.2) is 0 Å². The van der Waals surface area contributed by atoms with Crippen LogP contribution in [0.3, 0.4) is 0 Å². The molecule has 0 saturated heterocycles. The highest BCUT2D eigenvalue weighted by atomic mass is 19.1. The zero-order valence-electron chi connectivity index (χ0n) is 14.5. The lowest BCUT2D eigenvalue weighted by molar-refractivity contribution is -0.173. The molecule has 0 amide bonds. The van der Waals surface area contributed by atoms with Crippen molar-refractivity contribution >= 4 is 11.9 Å². The van der Waals surface area contributed by atoms with E-state index in [9.17, 15) is 9.59 Å². The minimum atomic E-state index is -2.88. The van der Waals surface area contributed by atoms with Crippen LogP contribution in [0.2, 0.25) is 0 Å². The number of esters is 2. The maximum Gasteiger partial charge on any atom is 0.356 e. The summed E-state index contributed by atoms with van der Waals surface area (Å²) in [6, 6.07) is 16.8. The second-order valence-corrected chi connectivity index (χ2v) is 5.64. The number of methoxy groups -OCH3 is 2.